The van der Waals surface area contributed by atoms with Gasteiger partial charge in [0.2, 0.25) is 5.91 Å². The lowest BCUT2D eigenvalue weighted by atomic mass is 10.1. The van der Waals surface area contributed by atoms with Crippen molar-refractivity contribution in [3.63, 3.8) is 0 Å². The predicted octanol–water partition coefficient (Wildman–Crippen LogP) is 3.51. The van der Waals surface area contributed by atoms with Crippen LogP contribution in [0.25, 0.3) is 0 Å². The molecule has 8 heteroatoms. The molecule has 0 aliphatic carbocycles. The average molecular weight is 402 g/mol. The maximum Gasteiger partial charge on any atom is 0.251 e. The van der Waals surface area contributed by atoms with Gasteiger partial charge in [0.1, 0.15) is 11.4 Å². The van der Waals surface area contributed by atoms with Crippen LogP contribution in [0.1, 0.15) is 6.92 Å². The van der Waals surface area contributed by atoms with Gasteiger partial charge in [-0.2, -0.15) is 0 Å². The Labute approximate surface area is 166 Å². The third-order valence-electron chi connectivity index (χ3n) is 3.81. The summed E-state index contributed by atoms with van der Waals surface area (Å²) in [5.41, 5.74) is 1.05. The minimum atomic E-state index is -1.11. The van der Waals surface area contributed by atoms with E-state index in [0.29, 0.717) is 28.8 Å². The number of carbonyl (C=O) groups excluding carboxylic acids is 2. The molecule has 3 rings (SSSR count). The lowest BCUT2D eigenvalue weighted by Gasteiger charge is -2.30. The molecule has 0 saturated carbocycles. The number of hydrogen-bond donors (Lipinski definition) is 1. The van der Waals surface area contributed by atoms with Crippen molar-refractivity contribution in [2.24, 2.45) is 10.9 Å². The molecule has 0 bridgehead atoms. The Kier molecular flexibility index (Phi) is 5.83. The largest absolute Gasteiger partial charge is 0.492 e. The van der Waals surface area contributed by atoms with Crippen molar-refractivity contribution < 1.29 is 14.3 Å². The number of nitrogens with one attached hydrogen (secondary N) is 1. The third kappa shape index (κ3) is 4.15. The Morgan fingerprint density at radius 3 is 2.63 bits per heavy atom. The van der Waals surface area contributed by atoms with Gasteiger partial charge in [0.25, 0.3) is 5.91 Å². The molecule has 1 saturated heterocycles. The molecule has 6 nitrogen and oxygen atoms in total. The van der Waals surface area contributed by atoms with E-state index in [1.54, 1.807) is 42.5 Å². The second kappa shape index (κ2) is 8.28. The van der Waals surface area contributed by atoms with E-state index in [1.165, 1.54) is 11.1 Å². The summed E-state index contributed by atoms with van der Waals surface area (Å²) in [6.07, 6.45) is 1.31. The van der Waals surface area contributed by atoms with Crippen LogP contribution in [-0.4, -0.2) is 29.7 Å². The van der Waals surface area contributed by atoms with E-state index < -0.39 is 17.7 Å². The third-order valence-corrected chi connectivity index (χ3v) is 4.35. The van der Waals surface area contributed by atoms with E-state index >= 15 is 0 Å². The second-order valence-corrected chi connectivity index (χ2v) is 6.42. The zero-order valence-corrected chi connectivity index (χ0v) is 16.0. The molecule has 0 aromatic heterocycles. The number of amides is 2. The molecular weight excluding hydrogens is 386 g/mol. The molecule has 1 atom stereocenters. The van der Waals surface area contributed by atoms with Crippen LogP contribution in [0.5, 0.6) is 5.75 Å². The number of hydrogen-bond acceptors (Lipinski definition) is 5. The quantitative estimate of drug-likeness (QED) is 0.473. The number of carbonyl (C=O) groups is 2. The molecule has 0 unspecified atom stereocenters. The standard InChI is InChI=1S/C19H16ClN3O3S/c1-2-26-16-6-4-3-5-15(16)21-11-14-17(24)22-19(27)23(18(14)25)13-9-7-12(20)8-10-13/h3-11,14H,2H2,1H3,(H,22,24,27)/t14-/m1/s1. The van der Waals surface area contributed by atoms with E-state index in [0.717, 1.165) is 0 Å². The van der Waals surface area contributed by atoms with Gasteiger partial charge in [0.15, 0.2) is 11.0 Å². The van der Waals surface area contributed by atoms with Gasteiger partial charge in [-0.15, -0.1) is 0 Å². The maximum absolute atomic E-state index is 12.9. The fourth-order valence-electron chi connectivity index (χ4n) is 2.55. The summed E-state index contributed by atoms with van der Waals surface area (Å²) in [4.78, 5) is 30.7. The SMILES string of the molecule is CCOc1ccccc1N=C[C@@H]1C(=O)NC(=S)N(c2ccc(Cl)cc2)C1=O. The topological polar surface area (TPSA) is 71.0 Å². The highest BCUT2D eigenvalue weighted by atomic mass is 35.5. The predicted molar refractivity (Wildman–Crippen MR) is 109 cm³/mol. The first kappa shape index (κ1) is 19.0. The number of para-hydroxylation sites is 2. The average Bonchev–Trinajstić information content (AvgIpc) is 2.64. The van der Waals surface area contributed by atoms with E-state index in [1.807, 2.05) is 13.0 Å². The molecule has 2 aromatic rings. The first-order valence-electron chi connectivity index (χ1n) is 8.21. The molecule has 0 radical (unpaired) electrons. The minimum Gasteiger partial charge on any atom is -0.492 e. The van der Waals surface area contributed by atoms with Gasteiger partial charge < -0.3 is 10.1 Å². The number of aliphatic imine (C=N–C) groups is 1. The number of rotatable bonds is 5. The first-order valence-corrected chi connectivity index (χ1v) is 9.00. The first-order chi connectivity index (χ1) is 13.0. The Balaban J connectivity index is 1.89. The molecule has 138 valence electrons. The van der Waals surface area contributed by atoms with Crippen molar-refractivity contribution >= 4 is 58.3 Å². The number of ether oxygens (including phenoxy) is 1. The van der Waals surface area contributed by atoms with Gasteiger partial charge in [0, 0.05) is 11.2 Å². The van der Waals surface area contributed by atoms with Crippen molar-refractivity contribution in [2.75, 3.05) is 11.5 Å². The normalized spacial score (nSPS) is 17.3. The molecule has 2 amide bonds. The zero-order chi connectivity index (χ0) is 19.4. The van der Waals surface area contributed by atoms with Crippen molar-refractivity contribution in [3.8, 4) is 5.75 Å². The Morgan fingerprint density at radius 2 is 1.93 bits per heavy atom. The van der Waals surface area contributed by atoms with Gasteiger partial charge >= 0.3 is 0 Å². The maximum atomic E-state index is 12.9. The summed E-state index contributed by atoms with van der Waals surface area (Å²) < 4.78 is 5.51. The second-order valence-electron chi connectivity index (χ2n) is 5.60. The van der Waals surface area contributed by atoms with E-state index in [-0.39, 0.29) is 5.11 Å². The molecule has 1 fully saturated rings. The molecule has 1 aliphatic rings. The van der Waals surface area contributed by atoms with Crippen LogP contribution >= 0.6 is 23.8 Å². The van der Waals surface area contributed by atoms with Gasteiger partial charge in [-0.05, 0) is 55.5 Å². The summed E-state index contributed by atoms with van der Waals surface area (Å²) in [5.74, 6) is -1.54. The van der Waals surface area contributed by atoms with Crippen LogP contribution in [0.3, 0.4) is 0 Å². The summed E-state index contributed by atoms with van der Waals surface area (Å²) in [5, 5.41) is 3.09. The van der Waals surface area contributed by atoms with E-state index in [9.17, 15) is 9.59 Å². The van der Waals surface area contributed by atoms with Crippen LogP contribution in [0.2, 0.25) is 5.02 Å². The summed E-state index contributed by atoms with van der Waals surface area (Å²) in [7, 11) is 0. The minimum absolute atomic E-state index is 0.0201. The zero-order valence-electron chi connectivity index (χ0n) is 14.4. The van der Waals surface area contributed by atoms with Gasteiger partial charge in [-0.1, -0.05) is 23.7 Å². The number of thiocarbonyl (C=S) groups is 1. The van der Waals surface area contributed by atoms with Crippen LogP contribution in [-0.2, 0) is 9.59 Å². The number of anilines is 1. The van der Waals surface area contributed by atoms with Crippen LogP contribution in [0, 0.1) is 5.92 Å². The Hall–Kier alpha value is -2.77. The van der Waals surface area contributed by atoms with Gasteiger partial charge in [-0.3, -0.25) is 19.5 Å². The molecule has 0 spiro atoms. The van der Waals surface area contributed by atoms with Crippen LogP contribution in [0.15, 0.2) is 53.5 Å². The fourth-order valence-corrected chi connectivity index (χ4v) is 2.97. The monoisotopic (exact) mass is 401 g/mol. The summed E-state index contributed by atoms with van der Waals surface area (Å²) >= 11 is 11.1. The highest BCUT2D eigenvalue weighted by molar-refractivity contribution is 7.80. The summed E-state index contributed by atoms with van der Waals surface area (Å²) in [6.45, 7) is 2.34. The Morgan fingerprint density at radius 1 is 1.22 bits per heavy atom. The Bertz CT molecular complexity index is 915. The molecular formula is C19H16ClN3O3S. The van der Waals surface area contributed by atoms with Crippen LogP contribution in [0.4, 0.5) is 11.4 Å². The smallest absolute Gasteiger partial charge is 0.251 e. The fraction of sp³-hybridized carbons (Fsp3) is 0.158. The van der Waals surface area contributed by atoms with E-state index in [2.05, 4.69) is 10.3 Å². The molecule has 27 heavy (non-hydrogen) atoms. The highest BCUT2D eigenvalue weighted by Crippen LogP contribution is 2.27. The number of halogens is 1. The summed E-state index contributed by atoms with van der Waals surface area (Å²) in [6, 6.07) is 13.7. The van der Waals surface area contributed by atoms with Crippen molar-refractivity contribution in [2.45, 2.75) is 6.92 Å². The molecule has 1 N–H and O–H groups in total. The highest BCUT2D eigenvalue weighted by Gasteiger charge is 2.38. The number of benzene rings is 2. The molecule has 2 aromatic carbocycles. The van der Waals surface area contributed by atoms with Gasteiger partial charge in [-0.25, -0.2) is 0 Å². The lowest BCUT2D eigenvalue weighted by molar-refractivity contribution is -0.130. The lowest BCUT2D eigenvalue weighted by Crippen LogP contribution is -2.58. The number of nitrogens with zero attached hydrogens (tertiary/aromatic N) is 2. The molecule has 1 aliphatic heterocycles. The van der Waals surface area contributed by atoms with Gasteiger partial charge in [0.05, 0.1) is 12.3 Å². The molecule has 1 heterocycles. The van der Waals surface area contributed by atoms with Crippen molar-refractivity contribution in [3.05, 3.63) is 53.6 Å². The van der Waals surface area contributed by atoms with Crippen LogP contribution < -0.4 is 15.0 Å². The van der Waals surface area contributed by atoms with Crippen molar-refractivity contribution in [1.29, 1.82) is 0 Å². The van der Waals surface area contributed by atoms with E-state index in [4.69, 9.17) is 28.6 Å². The van der Waals surface area contributed by atoms with Crippen molar-refractivity contribution in [1.82, 2.24) is 5.32 Å².